The van der Waals surface area contributed by atoms with E-state index in [0.29, 0.717) is 18.5 Å². The van der Waals surface area contributed by atoms with Gasteiger partial charge < -0.3 is 16.4 Å². The van der Waals surface area contributed by atoms with Crippen LogP contribution in [0.2, 0.25) is 0 Å². The molecule has 3 amide bonds. The lowest BCUT2D eigenvalue weighted by atomic mass is 10.1. The predicted molar refractivity (Wildman–Crippen MR) is 105 cm³/mol. The van der Waals surface area contributed by atoms with Crippen molar-refractivity contribution in [2.24, 2.45) is 5.73 Å². The van der Waals surface area contributed by atoms with Gasteiger partial charge in [-0.1, -0.05) is 12.1 Å². The molecular formula is C18H20BrN3O3S. The minimum atomic E-state index is -0.593. The maximum Gasteiger partial charge on any atom is 0.251 e. The molecule has 6 nitrogen and oxygen atoms in total. The third-order valence-electron chi connectivity index (χ3n) is 3.58. The monoisotopic (exact) mass is 437 g/mol. The molecule has 26 heavy (non-hydrogen) atoms. The van der Waals surface area contributed by atoms with E-state index in [2.05, 4.69) is 32.6 Å². The topological polar surface area (TPSA) is 101 Å². The molecule has 0 aliphatic heterocycles. The van der Waals surface area contributed by atoms with Crippen LogP contribution in [0.5, 0.6) is 0 Å². The lowest BCUT2D eigenvalue weighted by Gasteiger charge is -2.07. The van der Waals surface area contributed by atoms with Gasteiger partial charge in [-0.2, -0.15) is 0 Å². The van der Waals surface area contributed by atoms with Crippen molar-refractivity contribution in [2.75, 3.05) is 6.54 Å². The lowest BCUT2D eigenvalue weighted by Crippen LogP contribution is -2.33. The van der Waals surface area contributed by atoms with E-state index < -0.39 is 5.91 Å². The molecule has 8 heteroatoms. The van der Waals surface area contributed by atoms with Gasteiger partial charge in [-0.25, -0.2) is 0 Å². The number of aryl methyl sites for hydroxylation is 1. The smallest absolute Gasteiger partial charge is 0.251 e. The number of hydrogen-bond donors (Lipinski definition) is 3. The first-order valence-electron chi connectivity index (χ1n) is 8.10. The Labute approximate surface area is 164 Å². The zero-order valence-electron chi connectivity index (χ0n) is 14.1. The second-order valence-corrected chi connectivity index (χ2v) is 8.23. The third kappa shape index (κ3) is 6.97. The number of primary amides is 1. The Morgan fingerprint density at radius 3 is 2.38 bits per heavy atom. The summed E-state index contributed by atoms with van der Waals surface area (Å²) in [4.78, 5) is 35.6. The number of nitrogens with two attached hydrogens (primary N) is 1. The van der Waals surface area contributed by atoms with Gasteiger partial charge in [-0.15, -0.1) is 11.3 Å². The van der Waals surface area contributed by atoms with E-state index in [1.54, 1.807) is 35.6 Å². The van der Waals surface area contributed by atoms with Crippen molar-refractivity contribution in [3.63, 3.8) is 0 Å². The van der Waals surface area contributed by atoms with E-state index in [1.807, 2.05) is 6.07 Å². The fraction of sp³-hybridized carbons (Fsp3) is 0.278. The van der Waals surface area contributed by atoms with Crippen molar-refractivity contribution in [2.45, 2.75) is 25.8 Å². The molecule has 4 N–H and O–H groups in total. The highest BCUT2D eigenvalue weighted by Crippen LogP contribution is 2.23. The molecule has 0 saturated carbocycles. The summed E-state index contributed by atoms with van der Waals surface area (Å²) in [5.41, 5.74) is 6.31. The number of amides is 3. The average Bonchev–Trinajstić information content (AvgIpc) is 3.03. The van der Waals surface area contributed by atoms with Gasteiger partial charge in [0.25, 0.3) is 5.91 Å². The minimum absolute atomic E-state index is 0.00361. The average molecular weight is 438 g/mol. The van der Waals surface area contributed by atoms with Crippen LogP contribution in [0, 0.1) is 0 Å². The van der Waals surface area contributed by atoms with Gasteiger partial charge in [0.1, 0.15) is 0 Å². The largest absolute Gasteiger partial charge is 0.368 e. The Morgan fingerprint density at radius 2 is 1.77 bits per heavy atom. The number of carbonyl (C=O) groups excluding carboxylic acids is 3. The molecule has 0 aliphatic rings. The Bertz CT molecular complexity index is 774. The molecule has 0 atom stereocenters. The Kier molecular flexibility index (Phi) is 7.80. The number of rotatable bonds is 9. The van der Waals surface area contributed by atoms with Crippen LogP contribution in [-0.2, 0) is 22.6 Å². The molecule has 1 aromatic carbocycles. The molecule has 1 heterocycles. The first-order chi connectivity index (χ1) is 12.4. The summed E-state index contributed by atoms with van der Waals surface area (Å²) in [6.07, 6.45) is 2.17. The fourth-order valence-electron chi connectivity index (χ4n) is 2.24. The van der Waals surface area contributed by atoms with Gasteiger partial charge in [-0.05, 0) is 58.6 Å². The summed E-state index contributed by atoms with van der Waals surface area (Å²) < 4.78 is 1.10. The minimum Gasteiger partial charge on any atom is -0.368 e. The van der Waals surface area contributed by atoms with Gasteiger partial charge in [0, 0.05) is 23.4 Å². The number of hydrogen-bond acceptors (Lipinski definition) is 4. The van der Waals surface area contributed by atoms with Crippen molar-refractivity contribution in [1.29, 1.82) is 0 Å². The second-order valence-electron chi connectivity index (χ2n) is 5.68. The number of halogens is 1. The molecule has 0 bridgehead atoms. The van der Waals surface area contributed by atoms with Gasteiger partial charge in [0.2, 0.25) is 11.8 Å². The molecule has 138 valence electrons. The summed E-state index contributed by atoms with van der Waals surface area (Å²) in [5.74, 6) is -0.951. The molecule has 0 spiro atoms. The van der Waals surface area contributed by atoms with Crippen molar-refractivity contribution in [3.05, 3.63) is 56.2 Å². The molecular weight excluding hydrogens is 418 g/mol. The normalized spacial score (nSPS) is 10.3. The number of nitrogens with one attached hydrogen (secondary N) is 2. The van der Waals surface area contributed by atoms with Crippen LogP contribution in [0.1, 0.15) is 33.6 Å². The first-order valence-corrected chi connectivity index (χ1v) is 9.71. The molecule has 0 unspecified atom stereocenters. The number of thiophene rings is 1. The van der Waals surface area contributed by atoms with E-state index in [-0.39, 0.29) is 18.4 Å². The highest BCUT2D eigenvalue weighted by molar-refractivity contribution is 9.11. The standard InChI is InChI=1S/C18H20BrN3O3S/c19-15-9-8-14(26-15)2-1-3-17(24)21-10-12-4-6-13(7-5-12)18(25)22-11-16(20)23/h4-9H,1-3,10-11H2,(H2,20,23)(H,21,24)(H,22,25). The van der Waals surface area contributed by atoms with E-state index in [0.717, 1.165) is 22.2 Å². The molecule has 1 aromatic heterocycles. The van der Waals surface area contributed by atoms with Gasteiger partial charge >= 0.3 is 0 Å². The van der Waals surface area contributed by atoms with Crippen molar-refractivity contribution in [3.8, 4) is 0 Å². The van der Waals surface area contributed by atoms with Crippen molar-refractivity contribution in [1.82, 2.24) is 10.6 Å². The molecule has 2 rings (SSSR count). The van der Waals surface area contributed by atoms with Crippen LogP contribution >= 0.6 is 27.3 Å². The Balaban J connectivity index is 1.70. The molecule has 0 saturated heterocycles. The fourth-order valence-corrected chi connectivity index (χ4v) is 3.77. The summed E-state index contributed by atoms with van der Waals surface area (Å²) in [5, 5.41) is 5.29. The number of carbonyl (C=O) groups is 3. The quantitative estimate of drug-likeness (QED) is 0.560. The van der Waals surface area contributed by atoms with Crippen LogP contribution in [-0.4, -0.2) is 24.3 Å². The van der Waals surface area contributed by atoms with E-state index in [1.165, 1.54) is 4.88 Å². The highest BCUT2D eigenvalue weighted by Gasteiger charge is 2.07. The van der Waals surface area contributed by atoms with Gasteiger partial charge in [0.05, 0.1) is 10.3 Å². The molecule has 2 aromatic rings. The van der Waals surface area contributed by atoms with Crippen molar-refractivity contribution >= 4 is 45.0 Å². The maximum atomic E-state index is 11.9. The third-order valence-corrected chi connectivity index (χ3v) is 5.27. The second kappa shape index (κ2) is 10.1. The molecule has 0 fully saturated rings. The summed E-state index contributed by atoms with van der Waals surface area (Å²) in [6.45, 7) is 0.214. The first kappa shape index (κ1) is 20.1. The number of benzene rings is 1. The predicted octanol–water partition coefficient (Wildman–Crippen LogP) is 2.36. The van der Waals surface area contributed by atoms with Gasteiger partial charge in [-0.3, -0.25) is 14.4 Å². The van der Waals surface area contributed by atoms with Crippen molar-refractivity contribution < 1.29 is 14.4 Å². The van der Waals surface area contributed by atoms with Gasteiger partial charge in [0.15, 0.2) is 0 Å². The summed E-state index contributed by atoms with van der Waals surface area (Å²) in [6, 6.07) is 10.9. The van der Waals surface area contributed by atoms with E-state index >= 15 is 0 Å². The summed E-state index contributed by atoms with van der Waals surface area (Å²) >= 11 is 5.11. The SMILES string of the molecule is NC(=O)CNC(=O)c1ccc(CNC(=O)CCCc2ccc(Br)s2)cc1. The zero-order chi connectivity index (χ0) is 18.9. The molecule has 0 radical (unpaired) electrons. The van der Waals surface area contributed by atoms with E-state index in [9.17, 15) is 14.4 Å². The lowest BCUT2D eigenvalue weighted by molar-refractivity contribution is -0.121. The zero-order valence-corrected chi connectivity index (χ0v) is 16.5. The maximum absolute atomic E-state index is 11.9. The van der Waals surface area contributed by atoms with Crippen LogP contribution in [0.15, 0.2) is 40.2 Å². The van der Waals surface area contributed by atoms with Crippen LogP contribution in [0.25, 0.3) is 0 Å². The Morgan fingerprint density at radius 1 is 1.04 bits per heavy atom. The highest BCUT2D eigenvalue weighted by atomic mass is 79.9. The molecule has 0 aliphatic carbocycles. The van der Waals surface area contributed by atoms with E-state index in [4.69, 9.17) is 5.73 Å². The Hall–Kier alpha value is -2.19. The summed E-state index contributed by atoms with van der Waals surface area (Å²) in [7, 11) is 0. The van der Waals surface area contributed by atoms with Crippen LogP contribution in [0.4, 0.5) is 0 Å². The van der Waals surface area contributed by atoms with Crippen LogP contribution in [0.3, 0.4) is 0 Å². The van der Waals surface area contributed by atoms with Crippen LogP contribution < -0.4 is 16.4 Å².